The first-order valence-corrected chi connectivity index (χ1v) is 9.93. The first-order chi connectivity index (χ1) is 14.0. The zero-order valence-electron chi connectivity index (χ0n) is 15.9. The highest BCUT2D eigenvalue weighted by atomic mass is 32.2. The van der Waals surface area contributed by atoms with Crippen LogP contribution in [-0.2, 0) is 11.3 Å². The minimum absolute atomic E-state index is 0.0263. The SMILES string of the molecule is CCn1c(SCC(=O)Nc2ccccc2C)nnc1-c1ccccc1OC(F)F. The molecule has 2 aromatic carbocycles. The summed E-state index contributed by atoms with van der Waals surface area (Å²) >= 11 is 1.23. The van der Waals surface area contributed by atoms with Crippen molar-refractivity contribution in [2.24, 2.45) is 0 Å². The van der Waals surface area contributed by atoms with Gasteiger partial charge in [-0.25, -0.2) is 0 Å². The van der Waals surface area contributed by atoms with Crippen LogP contribution >= 0.6 is 11.8 Å². The number of rotatable bonds is 8. The topological polar surface area (TPSA) is 69.0 Å². The highest BCUT2D eigenvalue weighted by Crippen LogP contribution is 2.32. The number of carbonyl (C=O) groups is 1. The van der Waals surface area contributed by atoms with Gasteiger partial charge in [-0.3, -0.25) is 4.79 Å². The molecule has 0 aliphatic rings. The third kappa shape index (κ3) is 5.11. The Hall–Kier alpha value is -2.94. The summed E-state index contributed by atoms with van der Waals surface area (Å²) in [5.74, 6) is 0.406. The average Bonchev–Trinajstić information content (AvgIpc) is 3.11. The molecular weight excluding hydrogens is 398 g/mol. The largest absolute Gasteiger partial charge is 0.434 e. The van der Waals surface area contributed by atoms with Crippen LogP contribution in [0, 0.1) is 6.92 Å². The maximum Gasteiger partial charge on any atom is 0.387 e. The summed E-state index contributed by atoms with van der Waals surface area (Å²) in [6.07, 6.45) is 0. The molecule has 6 nitrogen and oxygen atoms in total. The zero-order chi connectivity index (χ0) is 20.8. The van der Waals surface area contributed by atoms with Gasteiger partial charge in [0.15, 0.2) is 11.0 Å². The van der Waals surface area contributed by atoms with Gasteiger partial charge in [0.1, 0.15) is 5.75 Å². The summed E-state index contributed by atoms with van der Waals surface area (Å²) in [4.78, 5) is 12.3. The van der Waals surface area contributed by atoms with Crippen LogP contribution < -0.4 is 10.1 Å². The van der Waals surface area contributed by atoms with E-state index < -0.39 is 6.61 Å². The number of halogens is 2. The lowest BCUT2D eigenvalue weighted by molar-refractivity contribution is -0.113. The number of amides is 1. The van der Waals surface area contributed by atoms with E-state index in [4.69, 9.17) is 0 Å². The molecule has 0 saturated heterocycles. The molecule has 0 aliphatic carbocycles. The zero-order valence-corrected chi connectivity index (χ0v) is 16.7. The van der Waals surface area contributed by atoms with Crippen molar-refractivity contribution in [3.8, 4) is 17.1 Å². The van der Waals surface area contributed by atoms with E-state index in [1.807, 2.05) is 38.1 Å². The smallest absolute Gasteiger partial charge is 0.387 e. The summed E-state index contributed by atoms with van der Waals surface area (Å²) in [6.45, 7) is 1.38. The highest BCUT2D eigenvalue weighted by Gasteiger charge is 2.19. The second-order valence-corrected chi connectivity index (χ2v) is 7.02. The van der Waals surface area contributed by atoms with Crippen LogP contribution in [0.4, 0.5) is 14.5 Å². The predicted molar refractivity (Wildman–Crippen MR) is 108 cm³/mol. The number of benzene rings is 2. The minimum atomic E-state index is -2.94. The summed E-state index contributed by atoms with van der Waals surface area (Å²) in [5, 5.41) is 11.7. The van der Waals surface area contributed by atoms with Gasteiger partial charge < -0.3 is 14.6 Å². The Morgan fingerprint density at radius 3 is 2.62 bits per heavy atom. The van der Waals surface area contributed by atoms with Gasteiger partial charge in [-0.05, 0) is 37.6 Å². The summed E-state index contributed by atoms with van der Waals surface area (Å²) < 4.78 is 31.8. The van der Waals surface area contributed by atoms with Crippen molar-refractivity contribution >= 4 is 23.4 Å². The number of carbonyl (C=O) groups excluding carboxylic acids is 1. The number of para-hydroxylation sites is 2. The Balaban J connectivity index is 1.75. The van der Waals surface area contributed by atoms with Crippen LogP contribution in [0.2, 0.25) is 0 Å². The average molecular weight is 418 g/mol. The molecule has 1 amide bonds. The number of ether oxygens (including phenoxy) is 1. The molecule has 0 unspecified atom stereocenters. The summed E-state index contributed by atoms with van der Waals surface area (Å²) in [7, 11) is 0. The van der Waals surface area contributed by atoms with E-state index in [9.17, 15) is 13.6 Å². The predicted octanol–water partition coefficient (Wildman–Crippen LogP) is 4.61. The second-order valence-electron chi connectivity index (χ2n) is 6.08. The van der Waals surface area contributed by atoms with Crippen molar-refractivity contribution < 1.29 is 18.3 Å². The maximum atomic E-state index is 12.7. The van der Waals surface area contributed by atoms with Gasteiger partial charge in [0, 0.05) is 12.2 Å². The monoisotopic (exact) mass is 418 g/mol. The number of aryl methyl sites for hydroxylation is 1. The normalized spacial score (nSPS) is 10.9. The van der Waals surface area contributed by atoms with Gasteiger partial charge >= 0.3 is 6.61 Å². The summed E-state index contributed by atoms with van der Waals surface area (Å²) in [5.41, 5.74) is 2.15. The number of aromatic nitrogens is 3. The fraction of sp³-hybridized carbons (Fsp3) is 0.250. The third-order valence-electron chi connectivity index (χ3n) is 4.13. The van der Waals surface area contributed by atoms with E-state index >= 15 is 0 Å². The molecule has 3 rings (SSSR count). The number of thioether (sulfide) groups is 1. The number of nitrogens with one attached hydrogen (secondary N) is 1. The molecule has 0 radical (unpaired) electrons. The highest BCUT2D eigenvalue weighted by molar-refractivity contribution is 7.99. The Labute approximate surface area is 171 Å². The fourth-order valence-corrected chi connectivity index (χ4v) is 3.56. The van der Waals surface area contributed by atoms with Crippen LogP contribution in [0.1, 0.15) is 12.5 Å². The van der Waals surface area contributed by atoms with Crippen LogP contribution in [0.3, 0.4) is 0 Å². The molecule has 0 spiro atoms. The van der Waals surface area contributed by atoms with Crippen LogP contribution in [0.25, 0.3) is 11.4 Å². The molecule has 29 heavy (non-hydrogen) atoms. The molecule has 9 heteroatoms. The Kier molecular flexibility index (Phi) is 6.82. The molecule has 3 aromatic rings. The Morgan fingerprint density at radius 1 is 1.17 bits per heavy atom. The van der Waals surface area contributed by atoms with Gasteiger partial charge in [-0.1, -0.05) is 42.1 Å². The molecule has 0 fully saturated rings. The Morgan fingerprint density at radius 2 is 1.90 bits per heavy atom. The van der Waals surface area contributed by atoms with Crippen molar-refractivity contribution in [2.75, 3.05) is 11.1 Å². The molecule has 1 heterocycles. The lowest BCUT2D eigenvalue weighted by atomic mass is 10.2. The van der Waals surface area contributed by atoms with E-state index in [-0.39, 0.29) is 17.4 Å². The van der Waals surface area contributed by atoms with Gasteiger partial charge in [0.25, 0.3) is 0 Å². The minimum Gasteiger partial charge on any atom is -0.434 e. The van der Waals surface area contributed by atoms with E-state index in [0.29, 0.717) is 23.1 Å². The van der Waals surface area contributed by atoms with Crippen LogP contribution in [0.15, 0.2) is 53.7 Å². The summed E-state index contributed by atoms with van der Waals surface area (Å²) in [6, 6.07) is 13.9. The maximum absolute atomic E-state index is 12.7. The quantitative estimate of drug-likeness (QED) is 0.541. The van der Waals surface area contributed by atoms with Crippen LogP contribution in [-0.4, -0.2) is 33.0 Å². The molecule has 0 atom stereocenters. The van der Waals surface area contributed by atoms with Crippen molar-refractivity contribution in [1.82, 2.24) is 14.8 Å². The first-order valence-electron chi connectivity index (χ1n) is 8.95. The molecule has 0 saturated carbocycles. The van der Waals surface area contributed by atoms with Gasteiger partial charge in [-0.15, -0.1) is 10.2 Å². The lowest BCUT2D eigenvalue weighted by Gasteiger charge is -2.12. The number of nitrogens with zero attached hydrogens (tertiary/aromatic N) is 3. The standard InChI is InChI=1S/C20H20F2N4O2S/c1-3-26-18(14-9-5-7-11-16(14)28-19(21)22)24-25-20(26)29-12-17(27)23-15-10-6-4-8-13(15)2/h4-11,19H,3,12H2,1-2H3,(H,23,27). The number of anilines is 1. The second kappa shape index (κ2) is 9.51. The van der Waals surface area contributed by atoms with Crippen molar-refractivity contribution in [2.45, 2.75) is 32.2 Å². The van der Waals surface area contributed by atoms with Crippen molar-refractivity contribution in [3.63, 3.8) is 0 Å². The molecule has 1 aromatic heterocycles. The lowest BCUT2D eigenvalue weighted by Crippen LogP contribution is -2.15. The first kappa shape index (κ1) is 20.8. The van der Waals surface area contributed by atoms with E-state index in [1.54, 1.807) is 22.8 Å². The van der Waals surface area contributed by atoms with Crippen molar-refractivity contribution in [1.29, 1.82) is 0 Å². The Bertz CT molecular complexity index is 994. The van der Waals surface area contributed by atoms with E-state index in [0.717, 1.165) is 11.3 Å². The van der Waals surface area contributed by atoms with E-state index in [2.05, 4.69) is 20.3 Å². The third-order valence-corrected chi connectivity index (χ3v) is 5.10. The fourth-order valence-electron chi connectivity index (χ4n) is 2.76. The number of alkyl halides is 2. The van der Waals surface area contributed by atoms with Crippen LogP contribution in [0.5, 0.6) is 5.75 Å². The van der Waals surface area contributed by atoms with Gasteiger partial charge in [-0.2, -0.15) is 8.78 Å². The number of hydrogen-bond acceptors (Lipinski definition) is 5. The van der Waals surface area contributed by atoms with Gasteiger partial charge in [0.2, 0.25) is 5.91 Å². The molecule has 1 N–H and O–H groups in total. The molecule has 0 bridgehead atoms. The van der Waals surface area contributed by atoms with E-state index in [1.165, 1.54) is 17.8 Å². The van der Waals surface area contributed by atoms with Crippen molar-refractivity contribution in [3.05, 3.63) is 54.1 Å². The van der Waals surface area contributed by atoms with Gasteiger partial charge in [0.05, 0.1) is 11.3 Å². The number of hydrogen-bond donors (Lipinski definition) is 1. The molecule has 152 valence electrons. The molecular formula is C20H20F2N4O2S. The molecule has 0 aliphatic heterocycles.